The van der Waals surface area contributed by atoms with E-state index in [9.17, 15) is 9.90 Å². The molecule has 1 N–H and O–H groups in total. The Balaban J connectivity index is 0.000000318. The average Bonchev–Trinajstić information content (AvgIpc) is 3.38. The van der Waals surface area contributed by atoms with Gasteiger partial charge < -0.3 is 9.52 Å². The summed E-state index contributed by atoms with van der Waals surface area (Å²) in [5.74, 6) is 1.86. The van der Waals surface area contributed by atoms with Crippen LogP contribution in [0.4, 0.5) is 0 Å². The zero-order valence-electron chi connectivity index (χ0n) is 27.8. The van der Waals surface area contributed by atoms with E-state index in [-0.39, 0.29) is 42.5 Å². The second-order valence-corrected chi connectivity index (χ2v) is 12.7. The van der Waals surface area contributed by atoms with Gasteiger partial charge in [0.15, 0.2) is 5.78 Å². The van der Waals surface area contributed by atoms with Gasteiger partial charge in [-0.25, -0.2) is 0 Å². The number of rotatable bonds is 10. The molecule has 0 saturated heterocycles. The number of nitrogens with zero attached hydrogens (tertiary/aromatic N) is 1. The number of hydrogen-bond acceptors (Lipinski definition) is 4. The van der Waals surface area contributed by atoms with Crippen LogP contribution in [-0.2, 0) is 31.3 Å². The third-order valence-corrected chi connectivity index (χ3v) is 9.04. The maximum absolute atomic E-state index is 12.2. The molecule has 0 aliphatic rings. The quantitative estimate of drug-likeness (QED) is 0.0993. The number of aromatic nitrogens is 1. The van der Waals surface area contributed by atoms with E-state index in [0.717, 1.165) is 76.6 Å². The van der Waals surface area contributed by atoms with Crippen molar-refractivity contribution in [2.75, 3.05) is 0 Å². The minimum absolute atomic E-state index is 0. The molecule has 2 heterocycles. The van der Waals surface area contributed by atoms with Gasteiger partial charge >= 0.3 is 0 Å². The summed E-state index contributed by atoms with van der Waals surface area (Å²) in [5, 5.41) is 12.4. The van der Waals surface area contributed by atoms with Gasteiger partial charge in [-0.15, -0.1) is 34.9 Å². The predicted molar refractivity (Wildman–Crippen MR) is 177 cm³/mol. The number of aryl methyl sites for hydroxylation is 2. The Labute approximate surface area is 272 Å². The van der Waals surface area contributed by atoms with Crippen molar-refractivity contribution in [3.05, 3.63) is 77.3 Å². The van der Waals surface area contributed by atoms with Crippen molar-refractivity contribution in [1.82, 2.24) is 4.98 Å². The van der Waals surface area contributed by atoms with E-state index < -0.39 is 0 Å². The molecule has 2 aromatic heterocycles. The van der Waals surface area contributed by atoms with E-state index in [1.165, 1.54) is 11.6 Å². The van der Waals surface area contributed by atoms with Crippen LogP contribution in [-0.4, -0.2) is 15.9 Å². The fourth-order valence-electron chi connectivity index (χ4n) is 5.18. The molecular formula is C38H50IrNO3-. The number of fused-ring (bicyclic) bond motifs is 3. The van der Waals surface area contributed by atoms with Gasteiger partial charge in [-0.1, -0.05) is 87.4 Å². The SMILES string of the molecule is CCC(C)(CC)C(=O)/C=C(\O)C(C)(CC)CC.Cc1[c-]c(-c2nc3ccccc3c3cc(CC(C)C)oc23)cc(C)c1.[Ir]. The molecule has 0 bridgehead atoms. The Morgan fingerprint density at radius 3 is 2.12 bits per heavy atom. The minimum Gasteiger partial charge on any atom is -0.512 e. The van der Waals surface area contributed by atoms with Crippen LogP contribution in [0.3, 0.4) is 0 Å². The molecule has 4 aromatic rings. The van der Waals surface area contributed by atoms with E-state index in [0.29, 0.717) is 5.92 Å². The largest absolute Gasteiger partial charge is 0.512 e. The van der Waals surface area contributed by atoms with Crippen molar-refractivity contribution in [3.8, 4) is 11.3 Å². The third-order valence-electron chi connectivity index (χ3n) is 9.04. The van der Waals surface area contributed by atoms with Crippen LogP contribution in [0.15, 0.2) is 58.7 Å². The summed E-state index contributed by atoms with van der Waals surface area (Å²) in [7, 11) is 0. The van der Waals surface area contributed by atoms with Crippen molar-refractivity contribution < 1.29 is 34.4 Å². The summed E-state index contributed by atoms with van der Waals surface area (Å²) in [6.07, 6.45) is 5.68. The molecule has 0 atom stereocenters. The summed E-state index contributed by atoms with van der Waals surface area (Å²) in [4.78, 5) is 17.1. The molecule has 0 unspecified atom stereocenters. The first-order chi connectivity index (χ1) is 19.8. The number of aliphatic hydroxyl groups is 1. The summed E-state index contributed by atoms with van der Waals surface area (Å²) < 4.78 is 6.27. The van der Waals surface area contributed by atoms with E-state index in [1.54, 1.807) is 0 Å². The monoisotopic (exact) mass is 761 g/mol. The number of allylic oxidation sites excluding steroid dienone is 2. The molecule has 0 fully saturated rings. The standard InChI is InChI=1S/C23H22NO.C15H28O2.Ir/c1-14(2)9-18-13-20-19-7-5-6-8-21(19)24-22(23(20)25-18)17-11-15(3)10-16(4)12-17;1-7-14(5,8-2)12(16)11-13(17)15(6,9-3)10-4;/h5-8,10-11,13-14H,9H2,1-4H3;11,16H,7-10H2,1-6H3;/q-1;;/b;12-11-;. The van der Waals surface area contributed by atoms with Crippen molar-refractivity contribution in [2.45, 2.75) is 101 Å². The number of furan rings is 1. The number of carbonyl (C=O) groups is 1. The second-order valence-electron chi connectivity index (χ2n) is 12.7. The van der Waals surface area contributed by atoms with Gasteiger partial charge in [0.25, 0.3) is 0 Å². The number of aliphatic hydroxyl groups excluding tert-OH is 1. The molecule has 235 valence electrons. The first kappa shape index (κ1) is 36.4. The van der Waals surface area contributed by atoms with Crippen LogP contribution < -0.4 is 0 Å². The molecule has 5 heteroatoms. The minimum atomic E-state index is -0.337. The molecule has 0 aliphatic heterocycles. The zero-order chi connectivity index (χ0) is 31.2. The van der Waals surface area contributed by atoms with Gasteiger partial charge in [-0.2, -0.15) is 0 Å². The summed E-state index contributed by atoms with van der Waals surface area (Å²) in [6.45, 7) is 20.7. The fourth-order valence-corrected chi connectivity index (χ4v) is 5.18. The van der Waals surface area contributed by atoms with Crippen LogP contribution in [0, 0.1) is 36.7 Å². The molecule has 2 aromatic carbocycles. The van der Waals surface area contributed by atoms with Crippen LogP contribution in [0.2, 0.25) is 0 Å². The number of hydrogen-bond donors (Lipinski definition) is 1. The van der Waals surface area contributed by atoms with E-state index in [4.69, 9.17) is 9.40 Å². The molecule has 0 amide bonds. The Kier molecular flexibility index (Phi) is 13.0. The van der Waals surface area contributed by atoms with Gasteiger partial charge in [-0.05, 0) is 43.7 Å². The smallest absolute Gasteiger partial charge is 0.164 e. The Morgan fingerprint density at radius 1 is 0.953 bits per heavy atom. The Bertz CT molecular complexity index is 1530. The first-order valence-electron chi connectivity index (χ1n) is 15.6. The van der Waals surface area contributed by atoms with Crippen LogP contribution in [0.25, 0.3) is 33.1 Å². The van der Waals surface area contributed by atoms with Gasteiger partial charge in [0.2, 0.25) is 0 Å². The molecular weight excluding hydrogens is 711 g/mol. The molecule has 0 saturated carbocycles. The summed E-state index contributed by atoms with van der Waals surface area (Å²) in [6, 6.07) is 18.2. The van der Waals surface area contributed by atoms with Crippen molar-refractivity contribution >= 4 is 27.7 Å². The number of benzene rings is 2. The van der Waals surface area contributed by atoms with Crippen LogP contribution >= 0.6 is 0 Å². The predicted octanol–water partition coefficient (Wildman–Crippen LogP) is 10.9. The molecule has 43 heavy (non-hydrogen) atoms. The zero-order valence-corrected chi connectivity index (χ0v) is 30.2. The molecule has 0 aliphatic carbocycles. The number of para-hydroxylation sites is 1. The topological polar surface area (TPSA) is 63.3 Å². The molecule has 1 radical (unpaired) electrons. The van der Waals surface area contributed by atoms with Crippen LogP contribution in [0.5, 0.6) is 0 Å². The van der Waals surface area contributed by atoms with Gasteiger partial charge in [0.1, 0.15) is 17.1 Å². The van der Waals surface area contributed by atoms with E-state index >= 15 is 0 Å². The van der Waals surface area contributed by atoms with Crippen molar-refractivity contribution in [3.63, 3.8) is 0 Å². The Hall–Kier alpha value is -2.75. The van der Waals surface area contributed by atoms with Crippen molar-refractivity contribution in [2.24, 2.45) is 16.7 Å². The Morgan fingerprint density at radius 2 is 1.56 bits per heavy atom. The maximum atomic E-state index is 12.2. The fraction of sp³-hybridized carbons (Fsp3) is 0.474. The average molecular weight is 761 g/mol. The van der Waals surface area contributed by atoms with E-state index in [1.807, 2.05) is 47.6 Å². The molecule has 4 rings (SSSR count). The second kappa shape index (κ2) is 15.3. The van der Waals surface area contributed by atoms with Gasteiger partial charge in [0.05, 0.1) is 5.52 Å². The van der Waals surface area contributed by atoms with E-state index in [2.05, 4.69) is 70.2 Å². The van der Waals surface area contributed by atoms with Crippen molar-refractivity contribution in [1.29, 1.82) is 0 Å². The summed E-state index contributed by atoms with van der Waals surface area (Å²) in [5.41, 5.74) is 5.48. The summed E-state index contributed by atoms with van der Waals surface area (Å²) >= 11 is 0. The van der Waals surface area contributed by atoms with Gasteiger partial charge in [-0.3, -0.25) is 9.78 Å². The van der Waals surface area contributed by atoms with Crippen LogP contribution in [0.1, 0.15) is 98.0 Å². The third kappa shape index (κ3) is 8.46. The number of ketones is 1. The first-order valence-corrected chi connectivity index (χ1v) is 15.6. The number of pyridine rings is 1. The molecule has 0 spiro atoms. The maximum Gasteiger partial charge on any atom is 0.164 e. The molecule has 4 nitrogen and oxygen atoms in total. The van der Waals surface area contributed by atoms with Gasteiger partial charge in [0, 0.05) is 59.9 Å². The number of carbonyl (C=O) groups excluding carboxylic acids is 1. The normalized spacial score (nSPS) is 12.3.